The summed E-state index contributed by atoms with van der Waals surface area (Å²) in [4.78, 5) is 19.2. The number of benzene rings is 1. The summed E-state index contributed by atoms with van der Waals surface area (Å²) < 4.78 is 11.1. The molecule has 3 heterocycles. The van der Waals surface area contributed by atoms with Gasteiger partial charge in [-0.25, -0.2) is 4.98 Å². The number of carbonyl (C=O) groups is 1. The maximum Gasteiger partial charge on any atom is 0.276 e. The molecule has 4 rings (SSSR count). The van der Waals surface area contributed by atoms with Crippen molar-refractivity contribution in [1.29, 1.82) is 0 Å². The lowest BCUT2D eigenvalue weighted by atomic mass is 10.1. The molecule has 1 aromatic heterocycles. The van der Waals surface area contributed by atoms with Gasteiger partial charge in [0, 0.05) is 35.8 Å². The summed E-state index contributed by atoms with van der Waals surface area (Å²) in [5, 5.41) is 0.377. The number of aromatic nitrogens is 1. The molecule has 0 saturated carbocycles. The monoisotopic (exact) mass is 330 g/mol. The minimum Gasteiger partial charge on any atom is -0.444 e. The Balaban J connectivity index is 1.56. The maximum absolute atomic E-state index is 12.9. The molecule has 1 amide bonds. The predicted molar refractivity (Wildman–Crippen MR) is 88.4 cm³/mol. The third-order valence-electron chi connectivity index (χ3n) is 4.34. The van der Waals surface area contributed by atoms with Crippen LogP contribution in [-0.4, -0.2) is 52.6 Å². The zero-order valence-electron chi connectivity index (χ0n) is 12.7. The number of carbonyl (C=O) groups excluding carboxylic acids is 1. The number of ether oxygens (including phenoxy) is 1. The van der Waals surface area contributed by atoms with Crippen molar-refractivity contribution in [1.82, 2.24) is 9.88 Å². The molecule has 0 aliphatic carbocycles. The van der Waals surface area contributed by atoms with Crippen molar-refractivity contribution in [2.45, 2.75) is 17.7 Å². The summed E-state index contributed by atoms with van der Waals surface area (Å²) >= 11 is 1.90. The van der Waals surface area contributed by atoms with E-state index in [2.05, 4.69) is 4.98 Å². The van der Waals surface area contributed by atoms with E-state index < -0.39 is 0 Å². The molecule has 120 valence electrons. The lowest BCUT2D eigenvalue weighted by Crippen LogP contribution is -2.54. The SMILES string of the molecule is O=C(c1coc(-c2ccccc2)n1)N1CCS[C@@H]2COCC[C@@H]21. The molecular formula is C17H18N2O3S. The molecule has 0 bridgehead atoms. The number of thioether (sulfide) groups is 1. The largest absolute Gasteiger partial charge is 0.444 e. The van der Waals surface area contributed by atoms with Crippen molar-refractivity contribution in [2.75, 3.05) is 25.5 Å². The van der Waals surface area contributed by atoms with E-state index >= 15 is 0 Å². The van der Waals surface area contributed by atoms with E-state index in [-0.39, 0.29) is 11.9 Å². The standard InChI is InChI=1S/C17H18N2O3S/c20-17(19-7-9-23-15-11-21-8-6-14(15)19)13-10-22-16(18-13)12-4-2-1-3-5-12/h1-5,10,14-15H,6-9,11H2/t14-,15+/m0/s1. The molecule has 1 aromatic carbocycles. The fourth-order valence-electron chi connectivity index (χ4n) is 3.17. The van der Waals surface area contributed by atoms with E-state index in [9.17, 15) is 4.79 Å². The van der Waals surface area contributed by atoms with E-state index in [1.165, 1.54) is 6.26 Å². The Hall–Kier alpha value is -1.79. The molecule has 0 spiro atoms. The second-order valence-electron chi connectivity index (χ2n) is 5.74. The molecule has 2 aromatic rings. The zero-order chi connectivity index (χ0) is 15.6. The second-order valence-corrected chi connectivity index (χ2v) is 7.09. The van der Waals surface area contributed by atoms with Gasteiger partial charge in [0.1, 0.15) is 6.26 Å². The van der Waals surface area contributed by atoms with Gasteiger partial charge in [-0.3, -0.25) is 4.79 Å². The number of nitrogens with zero attached hydrogens (tertiary/aromatic N) is 2. The predicted octanol–water partition coefficient (Wildman–Crippen LogP) is 2.69. The van der Waals surface area contributed by atoms with Crippen LogP contribution in [0.3, 0.4) is 0 Å². The van der Waals surface area contributed by atoms with E-state index in [0.717, 1.165) is 37.5 Å². The van der Waals surface area contributed by atoms with Crippen LogP contribution in [0.25, 0.3) is 11.5 Å². The Morgan fingerprint density at radius 1 is 1.30 bits per heavy atom. The summed E-state index contributed by atoms with van der Waals surface area (Å²) in [5.41, 5.74) is 1.27. The van der Waals surface area contributed by atoms with Crippen LogP contribution in [0, 0.1) is 0 Å². The Morgan fingerprint density at radius 2 is 2.17 bits per heavy atom. The third kappa shape index (κ3) is 2.88. The molecule has 23 heavy (non-hydrogen) atoms. The molecule has 5 nitrogen and oxygen atoms in total. The zero-order valence-corrected chi connectivity index (χ0v) is 13.5. The van der Waals surface area contributed by atoms with Crippen LogP contribution in [0.5, 0.6) is 0 Å². The lowest BCUT2D eigenvalue weighted by Gasteiger charge is -2.43. The van der Waals surface area contributed by atoms with Gasteiger partial charge in [0.2, 0.25) is 5.89 Å². The highest BCUT2D eigenvalue weighted by Gasteiger charge is 2.38. The van der Waals surface area contributed by atoms with Crippen molar-refractivity contribution in [2.24, 2.45) is 0 Å². The molecular weight excluding hydrogens is 312 g/mol. The fourth-order valence-corrected chi connectivity index (χ4v) is 4.47. The second kappa shape index (κ2) is 6.37. The number of oxazole rings is 1. The number of fused-ring (bicyclic) bond motifs is 1. The summed E-state index contributed by atoms with van der Waals surface area (Å²) in [6.45, 7) is 2.21. The van der Waals surface area contributed by atoms with E-state index in [0.29, 0.717) is 16.8 Å². The molecule has 2 aliphatic rings. The Morgan fingerprint density at radius 3 is 3.04 bits per heavy atom. The van der Waals surface area contributed by atoms with Crippen LogP contribution in [0.1, 0.15) is 16.9 Å². The first kappa shape index (κ1) is 14.8. The first-order valence-electron chi connectivity index (χ1n) is 7.84. The summed E-state index contributed by atoms with van der Waals surface area (Å²) in [7, 11) is 0. The summed E-state index contributed by atoms with van der Waals surface area (Å²) in [5.74, 6) is 1.40. The first-order chi connectivity index (χ1) is 11.3. The quantitative estimate of drug-likeness (QED) is 0.847. The highest BCUT2D eigenvalue weighted by Crippen LogP contribution is 2.31. The van der Waals surface area contributed by atoms with Gasteiger partial charge >= 0.3 is 0 Å². The van der Waals surface area contributed by atoms with Crippen LogP contribution in [0.15, 0.2) is 41.0 Å². The Kier molecular flexibility index (Phi) is 4.10. The highest BCUT2D eigenvalue weighted by atomic mass is 32.2. The Labute approximate surface area is 139 Å². The van der Waals surface area contributed by atoms with Gasteiger partial charge in [0.25, 0.3) is 5.91 Å². The van der Waals surface area contributed by atoms with E-state index in [4.69, 9.17) is 9.15 Å². The van der Waals surface area contributed by atoms with Crippen LogP contribution >= 0.6 is 11.8 Å². The number of amides is 1. The smallest absolute Gasteiger partial charge is 0.276 e. The summed E-state index contributed by atoms with van der Waals surface area (Å²) in [6.07, 6.45) is 2.37. The van der Waals surface area contributed by atoms with Crippen LogP contribution in [-0.2, 0) is 4.74 Å². The van der Waals surface area contributed by atoms with Gasteiger partial charge in [-0.2, -0.15) is 11.8 Å². The number of rotatable bonds is 2. The molecule has 2 atom stereocenters. The fraction of sp³-hybridized carbons (Fsp3) is 0.412. The van der Waals surface area contributed by atoms with Crippen molar-refractivity contribution in [3.05, 3.63) is 42.3 Å². The Bertz CT molecular complexity index is 686. The van der Waals surface area contributed by atoms with Gasteiger partial charge in [0.15, 0.2) is 5.69 Å². The van der Waals surface area contributed by atoms with Gasteiger partial charge in [-0.15, -0.1) is 0 Å². The van der Waals surface area contributed by atoms with Gasteiger partial charge in [-0.1, -0.05) is 18.2 Å². The minimum absolute atomic E-state index is 0.0341. The van der Waals surface area contributed by atoms with Crippen molar-refractivity contribution < 1.29 is 13.9 Å². The molecule has 2 fully saturated rings. The molecule has 2 aliphatic heterocycles. The number of hydrogen-bond donors (Lipinski definition) is 0. The molecule has 0 N–H and O–H groups in total. The van der Waals surface area contributed by atoms with Crippen molar-refractivity contribution in [3.8, 4) is 11.5 Å². The molecule has 2 saturated heterocycles. The highest BCUT2D eigenvalue weighted by molar-refractivity contribution is 8.00. The maximum atomic E-state index is 12.9. The normalized spacial score (nSPS) is 24.3. The average Bonchev–Trinajstić information content (AvgIpc) is 3.11. The molecule has 0 radical (unpaired) electrons. The topological polar surface area (TPSA) is 55.6 Å². The van der Waals surface area contributed by atoms with Crippen LogP contribution < -0.4 is 0 Å². The van der Waals surface area contributed by atoms with Crippen LogP contribution in [0.4, 0.5) is 0 Å². The minimum atomic E-state index is -0.0341. The summed E-state index contributed by atoms with van der Waals surface area (Å²) in [6, 6.07) is 9.88. The van der Waals surface area contributed by atoms with Crippen molar-refractivity contribution in [3.63, 3.8) is 0 Å². The van der Waals surface area contributed by atoms with Crippen molar-refractivity contribution >= 4 is 17.7 Å². The van der Waals surface area contributed by atoms with E-state index in [1.54, 1.807) is 0 Å². The number of hydrogen-bond acceptors (Lipinski definition) is 5. The first-order valence-corrected chi connectivity index (χ1v) is 8.89. The third-order valence-corrected chi connectivity index (χ3v) is 5.64. The van der Waals surface area contributed by atoms with Crippen LogP contribution in [0.2, 0.25) is 0 Å². The van der Waals surface area contributed by atoms with Gasteiger partial charge < -0.3 is 14.1 Å². The van der Waals surface area contributed by atoms with E-state index in [1.807, 2.05) is 47.0 Å². The molecule has 6 heteroatoms. The average molecular weight is 330 g/mol. The molecule has 0 unspecified atom stereocenters. The lowest BCUT2D eigenvalue weighted by molar-refractivity contribution is 0.0315. The van der Waals surface area contributed by atoms with Gasteiger partial charge in [0.05, 0.1) is 6.61 Å². The van der Waals surface area contributed by atoms with Gasteiger partial charge in [-0.05, 0) is 18.6 Å².